The van der Waals surface area contributed by atoms with Crippen molar-refractivity contribution in [2.75, 3.05) is 21.1 Å². The summed E-state index contributed by atoms with van der Waals surface area (Å²) in [4.78, 5) is 2.00. The highest BCUT2D eigenvalue weighted by Gasteiger charge is 2.15. The molecule has 0 amide bonds. The Morgan fingerprint density at radius 1 is 0.706 bits per heavy atom. The maximum absolute atomic E-state index is 2.43. The molecule has 0 heterocycles. The van der Waals surface area contributed by atoms with Crippen LogP contribution in [0.4, 0.5) is 0 Å². The third-order valence-corrected chi connectivity index (χ3v) is 2.91. The predicted octanol–water partition coefficient (Wildman–Crippen LogP) is 5.35. The topological polar surface area (TPSA) is 3.24 Å². The van der Waals surface area contributed by atoms with Crippen LogP contribution in [0.25, 0.3) is 0 Å². The molecule has 0 bridgehead atoms. The van der Waals surface area contributed by atoms with Gasteiger partial charge in [0.25, 0.3) is 0 Å². The fourth-order valence-electron chi connectivity index (χ4n) is 1.83. The van der Waals surface area contributed by atoms with Crippen molar-refractivity contribution in [3.8, 4) is 0 Å². The summed E-state index contributed by atoms with van der Waals surface area (Å²) in [5.74, 6) is 0. The first-order chi connectivity index (χ1) is 7.85. The third kappa shape index (κ3) is 21.7. The van der Waals surface area contributed by atoms with E-state index in [1.165, 1.54) is 51.4 Å². The van der Waals surface area contributed by atoms with Crippen LogP contribution in [-0.2, 0) is 0 Å². The first-order valence-corrected chi connectivity index (χ1v) is 7.46. The fourth-order valence-corrected chi connectivity index (χ4v) is 1.83. The molecular formula is C16H37N. The minimum atomic E-state index is 0.602. The van der Waals surface area contributed by atoms with E-state index in [0.717, 1.165) is 0 Å². The van der Waals surface area contributed by atoms with E-state index in [-0.39, 0.29) is 0 Å². The summed E-state index contributed by atoms with van der Waals surface area (Å²) in [5.41, 5.74) is 0.602. The van der Waals surface area contributed by atoms with Crippen LogP contribution in [0.1, 0.15) is 79.1 Å². The van der Waals surface area contributed by atoms with Crippen LogP contribution in [0.15, 0.2) is 0 Å². The molecule has 1 heteroatoms. The van der Waals surface area contributed by atoms with E-state index in [4.69, 9.17) is 0 Å². The van der Waals surface area contributed by atoms with Gasteiger partial charge < -0.3 is 4.90 Å². The van der Waals surface area contributed by atoms with E-state index >= 15 is 0 Å². The fraction of sp³-hybridized carbons (Fsp3) is 1.00. The molecule has 0 radical (unpaired) electrons. The Bertz CT molecular complexity index is 124. The van der Waals surface area contributed by atoms with Crippen LogP contribution in [-0.4, -0.2) is 26.0 Å². The van der Waals surface area contributed by atoms with Crippen LogP contribution in [0.3, 0.4) is 0 Å². The maximum atomic E-state index is 2.43. The van der Waals surface area contributed by atoms with Gasteiger partial charge in [-0.15, -0.1) is 0 Å². The van der Waals surface area contributed by atoms with Crippen molar-refractivity contribution in [1.82, 2.24) is 4.90 Å². The summed E-state index contributed by atoms with van der Waals surface area (Å²) in [5, 5.41) is 0. The lowest BCUT2D eigenvalue weighted by atomic mass is 9.82. The zero-order chi connectivity index (χ0) is 13.7. The molecular weight excluding hydrogens is 206 g/mol. The molecule has 0 atom stereocenters. The average Bonchev–Trinajstić information content (AvgIpc) is 2.17. The van der Waals surface area contributed by atoms with Crippen molar-refractivity contribution in [2.24, 2.45) is 5.41 Å². The van der Waals surface area contributed by atoms with Gasteiger partial charge in [0.1, 0.15) is 0 Å². The summed E-state index contributed by atoms with van der Waals surface area (Å²) >= 11 is 0. The number of nitrogens with zero attached hydrogens (tertiary/aromatic N) is 1. The molecule has 0 rings (SSSR count). The standard InChI is InChI=1S/C13H28.C3H9N/c1-5-7-9-11-13(3,4)12-10-8-6-2;1-4(2)3/h5-12H2,1-4H3;1-3H3. The van der Waals surface area contributed by atoms with E-state index in [9.17, 15) is 0 Å². The van der Waals surface area contributed by atoms with Crippen molar-refractivity contribution in [2.45, 2.75) is 79.1 Å². The van der Waals surface area contributed by atoms with Gasteiger partial charge in [0.15, 0.2) is 0 Å². The number of rotatable bonds is 8. The second-order valence-corrected chi connectivity index (χ2v) is 6.42. The molecule has 0 fully saturated rings. The molecule has 0 saturated carbocycles. The Balaban J connectivity index is 0. The summed E-state index contributed by atoms with van der Waals surface area (Å²) in [6.45, 7) is 9.42. The number of hydrogen-bond acceptors (Lipinski definition) is 1. The molecule has 0 aromatic carbocycles. The van der Waals surface area contributed by atoms with Gasteiger partial charge in [-0.2, -0.15) is 0 Å². The van der Waals surface area contributed by atoms with Gasteiger partial charge in [-0.05, 0) is 39.4 Å². The third-order valence-electron chi connectivity index (χ3n) is 2.91. The minimum Gasteiger partial charge on any atom is -0.312 e. The van der Waals surface area contributed by atoms with Gasteiger partial charge in [-0.3, -0.25) is 0 Å². The van der Waals surface area contributed by atoms with Gasteiger partial charge in [0, 0.05) is 0 Å². The summed E-state index contributed by atoms with van der Waals surface area (Å²) in [7, 11) is 6.00. The van der Waals surface area contributed by atoms with Crippen molar-refractivity contribution in [3.05, 3.63) is 0 Å². The van der Waals surface area contributed by atoms with E-state index in [1.807, 2.05) is 26.0 Å². The van der Waals surface area contributed by atoms with Crippen LogP contribution in [0.5, 0.6) is 0 Å². The Labute approximate surface area is 111 Å². The number of unbranched alkanes of at least 4 members (excludes halogenated alkanes) is 4. The molecule has 0 aliphatic rings. The van der Waals surface area contributed by atoms with Crippen molar-refractivity contribution in [3.63, 3.8) is 0 Å². The first-order valence-electron chi connectivity index (χ1n) is 7.46. The Morgan fingerprint density at radius 3 is 1.24 bits per heavy atom. The summed E-state index contributed by atoms with van der Waals surface area (Å²) in [6.07, 6.45) is 11.2. The molecule has 1 nitrogen and oxygen atoms in total. The maximum Gasteiger partial charge on any atom is -0.0140 e. The highest BCUT2D eigenvalue weighted by Crippen LogP contribution is 2.29. The molecule has 0 saturated heterocycles. The lowest BCUT2D eigenvalue weighted by Gasteiger charge is -2.24. The first kappa shape index (κ1) is 19.3. The highest BCUT2D eigenvalue weighted by molar-refractivity contribution is 4.68. The molecule has 17 heavy (non-hydrogen) atoms. The zero-order valence-electron chi connectivity index (χ0n) is 13.6. The van der Waals surface area contributed by atoms with Gasteiger partial charge in [0.2, 0.25) is 0 Å². The quantitative estimate of drug-likeness (QED) is 0.519. The molecule has 106 valence electrons. The van der Waals surface area contributed by atoms with Crippen LogP contribution < -0.4 is 0 Å². The molecule has 0 N–H and O–H groups in total. The van der Waals surface area contributed by atoms with Crippen LogP contribution >= 0.6 is 0 Å². The molecule has 0 spiro atoms. The Morgan fingerprint density at radius 2 is 1.00 bits per heavy atom. The van der Waals surface area contributed by atoms with E-state index in [1.54, 1.807) is 0 Å². The summed E-state index contributed by atoms with van der Waals surface area (Å²) in [6, 6.07) is 0. The second kappa shape index (κ2) is 12.4. The van der Waals surface area contributed by atoms with Gasteiger partial charge in [-0.1, -0.05) is 66.2 Å². The zero-order valence-corrected chi connectivity index (χ0v) is 13.6. The molecule has 0 aromatic rings. The highest BCUT2D eigenvalue weighted by atomic mass is 15.0. The van der Waals surface area contributed by atoms with E-state index < -0.39 is 0 Å². The van der Waals surface area contributed by atoms with Crippen molar-refractivity contribution < 1.29 is 0 Å². The molecule has 0 aliphatic carbocycles. The minimum absolute atomic E-state index is 0.602. The summed E-state index contributed by atoms with van der Waals surface area (Å²) < 4.78 is 0. The Kier molecular flexibility index (Phi) is 14.1. The van der Waals surface area contributed by atoms with Crippen LogP contribution in [0, 0.1) is 5.41 Å². The predicted molar refractivity (Wildman–Crippen MR) is 81.7 cm³/mol. The van der Waals surface area contributed by atoms with E-state index in [0.29, 0.717) is 5.41 Å². The largest absolute Gasteiger partial charge is 0.312 e. The van der Waals surface area contributed by atoms with Gasteiger partial charge >= 0.3 is 0 Å². The smallest absolute Gasteiger partial charge is 0.0140 e. The van der Waals surface area contributed by atoms with Crippen molar-refractivity contribution in [1.29, 1.82) is 0 Å². The van der Waals surface area contributed by atoms with E-state index in [2.05, 4.69) is 27.7 Å². The Hall–Kier alpha value is -0.0400. The molecule has 0 unspecified atom stereocenters. The normalized spacial score (nSPS) is 11.3. The SMILES string of the molecule is CCCCCC(C)(C)CCCCC.CN(C)C. The lowest BCUT2D eigenvalue weighted by Crippen LogP contribution is -2.10. The van der Waals surface area contributed by atoms with Gasteiger partial charge in [-0.25, -0.2) is 0 Å². The molecule has 0 aromatic heterocycles. The number of hydrogen-bond donors (Lipinski definition) is 0. The van der Waals surface area contributed by atoms with Crippen molar-refractivity contribution >= 4 is 0 Å². The average molecular weight is 243 g/mol. The van der Waals surface area contributed by atoms with Crippen LogP contribution in [0.2, 0.25) is 0 Å². The lowest BCUT2D eigenvalue weighted by molar-refractivity contribution is 0.284. The second-order valence-electron chi connectivity index (χ2n) is 6.42. The molecule has 0 aliphatic heterocycles. The monoisotopic (exact) mass is 243 g/mol. The van der Waals surface area contributed by atoms with Gasteiger partial charge in [0.05, 0.1) is 0 Å².